The van der Waals surface area contributed by atoms with E-state index in [0.29, 0.717) is 5.92 Å². The Bertz CT molecular complexity index is 800. The summed E-state index contributed by atoms with van der Waals surface area (Å²) in [7, 11) is 0. The molecule has 1 aliphatic rings. The number of aromatic nitrogens is 2. The number of pyridine rings is 1. The average Bonchev–Trinajstić information content (AvgIpc) is 2.78. The van der Waals surface area contributed by atoms with Crippen LogP contribution in [-0.2, 0) is 0 Å². The fourth-order valence-electron chi connectivity index (χ4n) is 2.81. The molecular weight excluding hydrogens is 246 g/mol. The van der Waals surface area contributed by atoms with Crippen LogP contribution in [0.5, 0.6) is 0 Å². The molecule has 20 heavy (non-hydrogen) atoms. The van der Waals surface area contributed by atoms with E-state index in [2.05, 4.69) is 40.6 Å². The highest BCUT2D eigenvalue weighted by Crippen LogP contribution is 2.35. The van der Waals surface area contributed by atoms with E-state index in [9.17, 15) is 0 Å². The molecule has 3 heteroatoms. The largest absolute Gasteiger partial charge is 0.281 e. The highest BCUT2D eigenvalue weighted by atomic mass is 15.1. The topological polar surface area (TPSA) is 29.7 Å². The van der Waals surface area contributed by atoms with Crippen molar-refractivity contribution in [2.45, 2.75) is 19.3 Å². The number of hydrogen-bond acceptors (Lipinski definition) is 2. The van der Waals surface area contributed by atoms with Gasteiger partial charge in [-0.3, -0.25) is 4.40 Å². The van der Waals surface area contributed by atoms with Crippen LogP contribution in [0.15, 0.2) is 53.5 Å². The van der Waals surface area contributed by atoms with Crippen molar-refractivity contribution in [1.82, 2.24) is 9.38 Å². The standard InChI is InChI=1S/C17H15N3/c1-12-10-11-18-17-16(13-6-3-2-4-7-13)19-15-9-5-8-14(12)20(15)17/h2-9,11-12H,10H2,1H3. The number of hydrogen-bond donors (Lipinski definition) is 0. The molecule has 3 nitrogen and oxygen atoms in total. The Hall–Kier alpha value is -2.42. The molecule has 0 fully saturated rings. The summed E-state index contributed by atoms with van der Waals surface area (Å²) in [5.74, 6) is 1.41. The summed E-state index contributed by atoms with van der Waals surface area (Å²) in [6.45, 7) is 2.23. The SMILES string of the molecule is CC1CC=Nc2c(-c3ccccc3)nc3cccc1n23. The molecule has 0 N–H and O–H groups in total. The highest BCUT2D eigenvalue weighted by Gasteiger charge is 2.19. The Labute approximate surface area is 117 Å². The average molecular weight is 261 g/mol. The summed E-state index contributed by atoms with van der Waals surface area (Å²) in [5, 5.41) is 0. The van der Waals surface area contributed by atoms with Gasteiger partial charge < -0.3 is 0 Å². The first-order valence-corrected chi connectivity index (χ1v) is 6.94. The lowest BCUT2D eigenvalue weighted by Crippen LogP contribution is -1.99. The van der Waals surface area contributed by atoms with Crippen molar-refractivity contribution in [3.8, 4) is 11.3 Å². The van der Waals surface area contributed by atoms with Gasteiger partial charge in [0, 0.05) is 23.4 Å². The Kier molecular flexibility index (Phi) is 2.46. The molecule has 1 atom stereocenters. The molecule has 1 aromatic carbocycles. The smallest absolute Gasteiger partial charge is 0.164 e. The molecule has 2 aromatic heterocycles. The first kappa shape index (κ1) is 11.4. The van der Waals surface area contributed by atoms with E-state index in [0.717, 1.165) is 29.1 Å². The molecular formula is C17H15N3. The molecule has 0 amide bonds. The van der Waals surface area contributed by atoms with Crippen molar-refractivity contribution in [3.05, 3.63) is 54.2 Å². The maximum Gasteiger partial charge on any atom is 0.164 e. The van der Waals surface area contributed by atoms with Gasteiger partial charge in [0.2, 0.25) is 0 Å². The minimum absolute atomic E-state index is 0.460. The van der Waals surface area contributed by atoms with Crippen molar-refractivity contribution < 1.29 is 0 Å². The zero-order valence-electron chi connectivity index (χ0n) is 11.3. The summed E-state index contributed by atoms with van der Waals surface area (Å²) in [4.78, 5) is 9.45. The van der Waals surface area contributed by atoms with Gasteiger partial charge in [0.15, 0.2) is 5.82 Å². The predicted octanol–water partition coefficient (Wildman–Crippen LogP) is 4.21. The van der Waals surface area contributed by atoms with E-state index in [-0.39, 0.29) is 0 Å². The first-order valence-electron chi connectivity index (χ1n) is 6.94. The molecule has 98 valence electrons. The molecule has 3 heterocycles. The van der Waals surface area contributed by atoms with Crippen LogP contribution in [0.4, 0.5) is 5.82 Å². The molecule has 1 unspecified atom stereocenters. The van der Waals surface area contributed by atoms with Crippen LogP contribution >= 0.6 is 0 Å². The van der Waals surface area contributed by atoms with E-state index in [1.807, 2.05) is 30.5 Å². The maximum absolute atomic E-state index is 4.78. The molecule has 0 bridgehead atoms. The van der Waals surface area contributed by atoms with Gasteiger partial charge in [-0.25, -0.2) is 9.98 Å². The third-order valence-corrected chi connectivity index (χ3v) is 3.87. The molecule has 0 spiro atoms. The molecule has 0 saturated carbocycles. The van der Waals surface area contributed by atoms with E-state index in [1.54, 1.807) is 0 Å². The normalized spacial score (nSPS) is 17.4. The van der Waals surface area contributed by atoms with Gasteiger partial charge in [-0.15, -0.1) is 0 Å². The van der Waals surface area contributed by atoms with Crippen LogP contribution in [-0.4, -0.2) is 15.6 Å². The summed E-state index contributed by atoms with van der Waals surface area (Å²) in [6.07, 6.45) is 2.98. The predicted molar refractivity (Wildman–Crippen MR) is 81.8 cm³/mol. The van der Waals surface area contributed by atoms with Crippen molar-refractivity contribution in [2.75, 3.05) is 0 Å². The fraction of sp³-hybridized carbons (Fsp3) is 0.176. The van der Waals surface area contributed by atoms with Gasteiger partial charge in [-0.2, -0.15) is 0 Å². The van der Waals surface area contributed by atoms with Crippen molar-refractivity contribution >= 4 is 17.7 Å². The van der Waals surface area contributed by atoms with Crippen molar-refractivity contribution in [2.24, 2.45) is 4.99 Å². The third kappa shape index (κ3) is 1.59. The van der Waals surface area contributed by atoms with Crippen LogP contribution in [0, 0.1) is 0 Å². The lowest BCUT2D eigenvalue weighted by molar-refractivity contribution is 0.770. The van der Waals surface area contributed by atoms with Crippen LogP contribution in [0.25, 0.3) is 16.9 Å². The Balaban J connectivity index is 2.09. The monoisotopic (exact) mass is 261 g/mol. The second-order valence-electron chi connectivity index (χ2n) is 5.24. The third-order valence-electron chi connectivity index (χ3n) is 3.87. The summed E-state index contributed by atoms with van der Waals surface area (Å²) >= 11 is 0. The first-order chi connectivity index (χ1) is 9.84. The molecule has 0 saturated heterocycles. The lowest BCUT2D eigenvalue weighted by atomic mass is 10.0. The molecule has 4 rings (SSSR count). The van der Waals surface area contributed by atoms with Crippen molar-refractivity contribution in [3.63, 3.8) is 0 Å². The van der Waals surface area contributed by atoms with Crippen molar-refractivity contribution in [1.29, 1.82) is 0 Å². The minimum Gasteiger partial charge on any atom is -0.281 e. The van der Waals surface area contributed by atoms with Crippen LogP contribution < -0.4 is 0 Å². The Morgan fingerprint density at radius 2 is 1.90 bits per heavy atom. The highest BCUT2D eigenvalue weighted by molar-refractivity contribution is 5.79. The summed E-state index contributed by atoms with van der Waals surface area (Å²) < 4.78 is 2.19. The van der Waals surface area contributed by atoms with Gasteiger partial charge >= 0.3 is 0 Å². The molecule has 0 radical (unpaired) electrons. The van der Waals surface area contributed by atoms with Gasteiger partial charge in [-0.1, -0.05) is 43.3 Å². The number of nitrogens with zero attached hydrogens (tertiary/aromatic N) is 3. The summed E-state index contributed by atoms with van der Waals surface area (Å²) in [6, 6.07) is 16.6. The van der Waals surface area contributed by atoms with Crippen LogP contribution in [0.2, 0.25) is 0 Å². The number of rotatable bonds is 1. The molecule has 1 aliphatic heterocycles. The van der Waals surface area contributed by atoms with Gasteiger partial charge in [-0.05, 0) is 18.6 Å². The molecule has 0 aliphatic carbocycles. The lowest BCUT2D eigenvalue weighted by Gasteiger charge is -2.10. The van der Waals surface area contributed by atoms with Gasteiger partial charge in [0.25, 0.3) is 0 Å². The zero-order valence-corrected chi connectivity index (χ0v) is 11.3. The maximum atomic E-state index is 4.78. The molecule has 3 aromatic rings. The van der Waals surface area contributed by atoms with E-state index in [1.165, 1.54) is 5.69 Å². The fourth-order valence-corrected chi connectivity index (χ4v) is 2.81. The van der Waals surface area contributed by atoms with E-state index in [4.69, 9.17) is 4.98 Å². The van der Waals surface area contributed by atoms with Crippen LogP contribution in [0.3, 0.4) is 0 Å². The minimum atomic E-state index is 0.460. The van der Waals surface area contributed by atoms with E-state index < -0.39 is 0 Å². The Morgan fingerprint density at radius 1 is 1.05 bits per heavy atom. The second-order valence-corrected chi connectivity index (χ2v) is 5.24. The Morgan fingerprint density at radius 3 is 2.75 bits per heavy atom. The van der Waals surface area contributed by atoms with Crippen LogP contribution in [0.1, 0.15) is 25.0 Å². The quantitative estimate of drug-likeness (QED) is 0.645. The van der Waals surface area contributed by atoms with E-state index >= 15 is 0 Å². The van der Waals surface area contributed by atoms with Gasteiger partial charge in [0.05, 0.1) is 0 Å². The number of aliphatic imine (C=N–C) groups is 1. The number of imidazole rings is 1. The zero-order chi connectivity index (χ0) is 13.5. The number of benzene rings is 1. The second kappa shape index (κ2) is 4.30. The van der Waals surface area contributed by atoms with Gasteiger partial charge in [0.1, 0.15) is 11.3 Å². The summed E-state index contributed by atoms with van der Waals surface area (Å²) in [5.41, 5.74) is 4.33.